The number of carboxylic acids is 1. The second-order valence-electron chi connectivity index (χ2n) is 4.69. The van der Waals surface area contributed by atoms with Gasteiger partial charge >= 0.3 is 5.97 Å². The lowest BCUT2D eigenvalue weighted by Gasteiger charge is -2.10. The van der Waals surface area contributed by atoms with Crippen molar-refractivity contribution in [3.05, 3.63) is 57.6 Å². The fraction of sp³-hybridized carbons (Fsp3) is 0.125. The third-order valence-corrected chi connectivity index (χ3v) is 3.71. The number of benzene rings is 2. The lowest BCUT2D eigenvalue weighted by Crippen LogP contribution is -2.15. The van der Waals surface area contributed by atoms with Crippen LogP contribution < -0.4 is 10.1 Å². The first-order valence-corrected chi connectivity index (χ1v) is 7.31. The summed E-state index contributed by atoms with van der Waals surface area (Å²) >= 11 is 11.8. The molecule has 0 aromatic heterocycles. The average Bonchev–Trinajstić information content (AvgIpc) is 2.50. The van der Waals surface area contributed by atoms with Crippen molar-refractivity contribution >= 4 is 40.8 Å². The third kappa shape index (κ3) is 4.37. The maximum Gasteiger partial charge on any atom is 0.337 e. The van der Waals surface area contributed by atoms with Crippen molar-refractivity contribution in [3.8, 4) is 5.75 Å². The monoisotopic (exact) mass is 353 g/mol. The van der Waals surface area contributed by atoms with E-state index in [1.54, 1.807) is 31.4 Å². The van der Waals surface area contributed by atoms with Gasteiger partial charge < -0.3 is 15.2 Å². The van der Waals surface area contributed by atoms with E-state index in [2.05, 4.69) is 5.32 Å². The predicted molar refractivity (Wildman–Crippen MR) is 88.7 cm³/mol. The number of carbonyl (C=O) groups excluding carboxylic acids is 1. The molecular weight excluding hydrogens is 341 g/mol. The number of hydrogen-bond acceptors (Lipinski definition) is 3. The van der Waals surface area contributed by atoms with Crippen LogP contribution >= 0.6 is 23.2 Å². The van der Waals surface area contributed by atoms with E-state index in [0.29, 0.717) is 5.75 Å². The van der Waals surface area contributed by atoms with Gasteiger partial charge in [0.25, 0.3) is 0 Å². The number of halogens is 2. The summed E-state index contributed by atoms with van der Waals surface area (Å²) in [6.45, 7) is 0. The first-order chi connectivity index (χ1) is 10.9. The molecule has 2 rings (SSSR count). The topological polar surface area (TPSA) is 75.6 Å². The molecule has 1 amide bonds. The normalized spacial score (nSPS) is 10.2. The smallest absolute Gasteiger partial charge is 0.337 e. The minimum absolute atomic E-state index is 0.00986. The van der Waals surface area contributed by atoms with Crippen molar-refractivity contribution in [1.82, 2.24) is 0 Å². The van der Waals surface area contributed by atoms with E-state index in [0.717, 1.165) is 5.56 Å². The van der Waals surface area contributed by atoms with Gasteiger partial charge in [-0.25, -0.2) is 4.79 Å². The Balaban J connectivity index is 2.13. The van der Waals surface area contributed by atoms with E-state index in [1.807, 2.05) is 0 Å². The molecular formula is C16H13Cl2NO4. The number of rotatable bonds is 5. The Morgan fingerprint density at radius 2 is 1.78 bits per heavy atom. The number of aromatic carboxylic acids is 1. The minimum atomic E-state index is -1.20. The van der Waals surface area contributed by atoms with Crippen LogP contribution in [0.4, 0.5) is 5.69 Å². The molecule has 0 saturated heterocycles. The van der Waals surface area contributed by atoms with Gasteiger partial charge in [-0.1, -0.05) is 35.3 Å². The molecule has 0 aliphatic heterocycles. The van der Waals surface area contributed by atoms with E-state index in [1.165, 1.54) is 12.1 Å². The first-order valence-electron chi connectivity index (χ1n) is 6.56. The predicted octanol–water partition coefficient (Wildman–Crippen LogP) is 3.88. The maximum atomic E-state index is 12.1. The van der Waals surface area contributed by atoms with Crippen LogP contribution in [0.25, 0.3) is 0 Å². The number of amides is 1. The van der Waals surface area contributed by atoms with Crippen LogP contribution in [-0.2, 0) is 11.2 Å². The Kier molecular flexibility index (Phi) is 5.47. The second kappa shape index (κ2) is 7.35. The molecule has 2 aromatic carbocycles. The van der Waals surface area contributed by atoms with Gasteiger partial charge in [-0.3, -0.25) is 4.79 Å². The molecule has 0 spiro atoms. The van der Waals surface area contributed by atoms with Gasteiger partial charge in [-0.15, -0.1) is 0 Å². The minimum Gasteiger partial charge on any atom is -0.497 e. The number of methoxy groups -OCH3 is 1. The van der Waals surface area contributed by atoms with Gasteiger partial charge in [-0.2, -0.15) is 0 Å². The van der Waals surface area contributed by atoms with Crippen LogP contribution in [0.5, 0.6) is 5.75 Å². The Morgan fingerprint density at radius 1 is 1.13 bits per heavy atom. The van der Waals surface area contributed by atoms with Crippen LogP contribution in [-0.4, -0.2) is 24.1 Å². The van der Waals surface area contributed by atoms with Gasteiger partial charge in [-0.05, 0) is 29.8 Å². The number of carboxylic acid groups (broad SMARTS) is 1. The zero-order chi connectivity index (χ0) is 17.0. The second-order valence-corrected chi connectivity index (χ2v) is 5.50. The number of carbonyl (C=O) groups is 2. The number of ether oxygens (including phenoxy) is 1. The Labute approximate surface area is 142 Å². The molecule has 0 saturated carbocycles. The summed E-state index contributed by atoms with van der Waals surface area (Å²) in [5, 5.41) is 11.8. The highest BCUT2D eigenvalue weighted by Crippen LogP contribution is 2.29. The van der Waals surface area contributed by atoms with Gasteiger partial charge in [0.15, 0.2) is 0 Å². The quantitative estimate of drug-likeness (QED) is 0.854. The lowest BCUT2D eigenvalue weighted by atomic mass is 10.1. The van der Waals surface area contributed by atoms with Gasteiger partial charge in [0, 0.05) is 0 Å². The molecule has 0 unspecified atom stereocenters. The SMILES string of the molecule is COc1ccc(CC(=O)Nc2cc(C(=O)O)c(Cl)cc2Cl)cc1. The zero-order valence-corrected chi connectivity index (χ0v) is 13.6. The van der Waals surface area contributed by atoms with Gasteiger partial charge in [0.1, 0.15) is 5.75 Å². The molecule has 0 aliphatic rings. The summed E-state index contributed by atoms with van der Waals surface area (Å²) < 4.78 is 5.05. The molecule has 120 valence electrons. The number of anilines is 1. The number of nitrogens with one attached hydrogen (secondary N) is 1. The average molecular weight is 354 g/mol. The molecule has 0 aliphatic carbocycles. The molecule has 0 radical (unpaired) electrons. The zero-order valence-electron chi connectivity index (χ0n) is 12.1. The summed E-state index contributed by atoms with van der Waals surface area (Å²) in [4.78, 5) is 23.1. The summed E-state index contributed by atoms with van der Waals surface area (Å²) in [5.41, 5.74) is 0.856. The van der Waals surface area contributed by atoms with E-state index >= 15 is 0 Å². The molecule has 0 bridgehead atoms. The Bertz CT molecular complexity index is 744. The molecule has 2 N–H and O–H groups in total. The molecule has 7 heteroatoms. The maximum absolute atomic E-state index is 12.1. The lowest BCUT2D eigenvalue weighted by molar-refractivity contribution is -0.115. The van der Waals surface area contributed by atoms with Crippen LogP contribution in [0, 0.1) is 0 Å². The highest BCUT2D eigenvalue weighted by atomic mass is 35.5. The van der Waals surface area contributed by atoms with Gasteiger partial charge in [0.2, 0.25) is 5.91 Å². The molecule has 23 heavy (non-hydrogen) atoms. The van der Waals surface area contributed by atoms with Crippen LogP contribution in [0.15, 0.2) is 36.4 Å². The summed E-state index contributed by atoms with van der Waals surface area (Å²) in [5.74, 6) is -0.825. The summed E-state index contributed by atoms with van der Waals surface area (Å²) in [6, 6.07) is 9.56. The van der Waals surface area contributed by atoms with Crippen LogP contribution in [0.3, 0.4) is 0 Å². The molecule has 0 atom stereocenters. The van der Waals surface area contributed by atoms with Crippen molar-refractivity contribution in [2.75, 3.05) is 12.4 Å². The van der Waals surface area contributed by atoms with Crippen molar-refractivity contribution in [2.24, 2.45) is 0 Å². The first kappa shape index (κ1) is 17.1. The van der Waals surface area contributed by atoms with Crippen molar-refractivity contribution in [1.29, 1.82) is 0 Å². The summed E-state index contributed by atoms with van der Waals surface area (Å²) in [7, 11) is 1.56. The van der Waals surface area contributed by atoms with E-state index in [9.17, 15) is 9.59 Å². The molecule has 0 fully saturated rings. The highest BCUT2D eigenvalue weighted by Gasteiger charge is 2.14. The Morgan fingerprint density at radius 3 is 2.35 bits per heavy atom. The van der Waals surface area contributed by atoms with E-state index in [-0.39, 0.29) is 33.6 Å². The van der Waals surface area contributed by atoms with Crippen molar-refractivity contribution in [3.63, 3.8) is 0 Å². The van der Waals surface area contributed by atoms with E-state index in [4.69, 9.17) is 33.0 Å². The fourth-order valence-corrected chi connectivity index (χ4v) is 2.44. The molecule has 5 nitrogen and oxygen atoms in total. The fourth-order valence-electron chi connectivity index (χ4n) is 1.93. The van der Waals surface area contributed by atoms with Crippen molar-refractivity contribution in [2.45, 2.75) is 6.42 Å². The van der Waals surface area contributed by atoms with E-state index < -0.39 is 5.97 Å². The standard InChI is InChI=1S/C16H13Cl2NO4/c1-23-10-4-2-9(3-5-10)6-15(20)19-14-7-11(16(21)22)12(17)8-13(14)18/h2-5,7-8H,6H2,1H3,(H,19,20)(H,21,22). The highest BCUT2D eigenvalue weighted by molar-refractivity contribution is 6.38. The number of hydrogen-bond donors (Lipinski definition) is 2. The Hall–Kier alpha value is -2.24. The largest absolute Gasteiger partial charge is 0.497 e. The van der Waals surface area contributed by atoms with Crippen LogP contribution in [0.1, 0.15) is 15.9 Å². The molecule has 0 heterocycles. The summed E-state index contributed by atoms with van der Waals surface area (Å²) in [6.07, 6.45) is 0.116. The van der Waals surface area contributed by atoms with Crippen molar-refractivity contribution < 1.29 is 19.4 Å². The van der Waals surface area contributed by atoms with Crippen LogP contribution in [0.2, 0.25) is 10.0 Å². The van der Waals surface area contributed by atoms with Gasteiger partial charge in [0.05, 0.1) is 34.8 Å². The molecule has 2 aromatic rings. The third-order valence-electron chi connectivity index (χ3n) is 3.08.